The van der Waals surface area contributed by atoms with Crippen LogP contribution in [0.1, 0.15) is 40.5 Å². The maximum Gasteiger partial charge on any atom is 0.337 e. The van der Waals surface area contributed by atoms with E-state index in [1.54, 1.807) is 12.3 Å². The summed E-state index contributed by atoms with van der Waals surface area (Å²) in [5.74, 6) is -0.0697. The van der Waals surface area contributed by atoms with Crippen LogP contribution in [0.2, 0.25) is 0 Å². The normalized spacial score (nSPS) is 12.6. The van der Waals surface area contributed by atoms with Crippen molar-refractivity contribution in [3.8, 4) is 0 Å². The van der Waals surface area contributed by atoms with Crippen LogP contribution in [-0.2, 0) is 0 Å². The number of rotatable bonds is 3. The minimum Gasteiger partial charge on any atom is -0.478 e. The Morgan fingerprint density at radius 2 is 2.18 bits per heavy atom. The first-order valence-corrected chi connectivity index (χ1v) is 5.47. The van der Waals surface area contributed by atoms with Crippen LogP contribution < -0.4 is 0 Å². The van der Waals surface area contributed by atoms with Crippen LogP contribution in [0.5, 0.6) is 0 Å². The van der Waals surface area contributed by atoms with E-state index in [1.807, 2.05) is 37.5 Å². The van der Waals surface area contributed by atoms with E-state index in [0.717, 1.165) is 17.1 Å². The Hall–Kier alpha value is -1.97. The molecule has 1 unspecified atom stereocenters. The largest absolute Gasteiger partial charge is 0.478 e. The van der Waals surface area contributed by atoms with Gasteiger partial charge in [-0.25, -0.2) is 4.79 Å². The summed E-state index contributed by atoms with van der Waals surface area (Å²) in [5.41, 5.74) is 2.02. The highest BCUT2D eigenvalue weighted by Gasteiger charge is 2.20. The molecular formula is C13H15NO3. The van der Waals surface area contributed by atoms with E-state index in [2.05, 4.69) is 0 Å². The molecule has 0 amide bonds. The molecule has 2 aromatic heterocycles. The third kappa shape index (κ3) is 1.86. The predicted octanol–water partition coefficient (Wildman–Crippen LogP) is 3.01. The van der Waals surface area contributed by atoms with Gasteiger partial charge in [-0.05, 0) is 39.0 Å². The molecule has 1 atom stereocenters. The van der Waals surface area contributed by atoms with E-state index < -0.39 is 5.97 Å². The van der Waals surface area contributed by atoms with E-state index in [9.17, 15) is 4.79 Å². The number of furan rings is 1. The number of aromatic carboxylic acids is 1. The van der Waals surface area contributed by atoms with Crippen molar-refractivity contribution in [2.75, 3.05) is 0 Å². The lowest BCUT2D eigenvalue weighted by atomic mass is 10.2. The van der Waals surface area contributed by atoms with E-state index in [-0.39, 0.29) is 6.04 Å². The quantitative estimate of drug-likeness (QED) is 0.886. The van der Waals surface area contributed by atoms with Crippen molar-refractivity contribution < 1.29 is 14.3 Å². The predicted molar refractivity (Wildman–Crippen MR) is 63.4 cm³/mol. The number of carboxylic acid groups (broad SMARTS) is 1. The number of carbonyl (C=O) groups is 1. The van der Waals surface area contributed by atoms with E-state index in [1.165, 1.54) is 0 Å². The van der Waals surface area contributed by atoms with Crippen molar-refractivity contribution in [3.05, 3.63) is 47.2 Å². The van der Waals surface area contributed by atoms with Crippen molar-refractivity contribution in [1.82, 2.24) is 4.57 Å². The van der Waals surface area contributed by atoms with Crippen LogP contribution in [0, 0.1) is 13.8 Å². The molecule has 0 saturated carbocycles. The summed E-state index contributed by atoms with van der Waals surface area (Å²) in [6.45, 7) is 5.71. The fourth-order valence-electron chi connectivity index (χ4n) is 2.25. The van der Waals surface area contributed by atoms with Crippen LogP contribution in [0.4, 0.5) is 0 Å². The van der Waals surface area contributed by atoms with Gasteiger partial charge >= 0.3 is 5.97 Å². The van der Waals surface area contributed by atoms with Crippen molar-refractivity contribution in [3.63, 3.8) is 0 Å². The Morgan fingerprint density at radius 1 is 1.47 bits per heavy atom. The van der Waals surface area contributed by atoms with Crippen LogP contribution >= 0.6 is 0 Å². The maximum absolute atomic E-state index is 11.1. The summed E-state index contributed by atoms with van der Waals surface area (Å²) in [5, 5.41) is 9.08. The molecule has 0 radical (unpaired) electrons. The molecule has 4 heteroatoms. The first kappa shape index (κ1) is 11.5. The third-order valence-corrected chi connectivity index (χ3v) is 3.06. The molecule has 4 nitrogen and oxygen atoms in total. The molecule has 0 spiro atoms. The van der Waals surface area contributed by atoms with Gasteiger partial charge in [0.25, 0.3) is 0 Å². The molecule has 2 heterocycles. The minimum atomic E-state index is -0.893. The van der Waals surface area contributed by atoms with Gasteiger partial charge in [-0.2, -0.15) is 0 Å². The highest BCUT2D eigenvalue weighted by Crippen LogP contribution is 2.25. The van der Waals surface area contributed by atoms with Gasteiger partial charge in [0.1, 0.15) is 5.76 Å². The first-order chi connectivity index (χ1) is 8.02. The second-order valence-electron chi connectivity index (χ2n) is 4.15. The lowest BCUT2D eigenvalue weighted by Crippen LogP contribution is -2.10. The van der Waals surface area contributed by atoms with E-state index in [0.29, 0.717) is 5.56 Å². The minimum absolute atomic E-state index is 0.00176. The summed E-state index contributed by atoms with van der Waals surface area (Å²) in [7, 11) is 0. The smallest absolute Gasteiger partial charge is 0.337 e. The summed E-state index contributed by atoms with van der Waals surface area (Å²) in [6.07, 6.45) is 1.62. The fourth-order valence-corrected chi connectivity index (χ4v) is 2.25. The van der Waals surface area contributed by atoms with Crippen LogP contribution in [-0.4, -0.2) is 15.6 Å². The first-order valence-electron chi connectivity index (χ1n) is 5.47. The molecule has 2 aromatic rings. The summed E-state index contributed by atoms with van der Waals surface area (Å²) < 4.78 is 7.34. The molecule has 0 fully saturated rings. The molecule has 1 N–H and O–H groups in total. The zero-order valence-corrected chi connectivity index (χ0v) is 10.1. The number of nitrogens with zero attached hydrogens (tertiary/aromatic N) is 1. The van der Waals surface area contributed by atoms with Crippen molar-refractivity contribution in [2.45, 2.75) is 26.8 Å². The van der Waals surface area contributed by atoms with Gasteiger partial charge in [0, 0.05) is 11.4 Å². The molecular weight excluding hydrogens is 218 g/mol. The maximum atomic E-state index is 11.1. The Kier molecular flexibility index (Phi) is 2.79. The molecule has 0 aliphatic carbocycles. The molecule has 90 valence electrons. The summed E-state index contributed by atoms with van der Waals surface area (Å²) in [6, 6.07) is 5.41. The highest BCUT2D eigenvalue weighted by atomic mass is 16.4. The number of aryl methyl sites for hydroxylation is 1. The van der Waals surface area contributed by atoms with Gasteiger partial charge in [0.2, 0.25) is 0 Å². The van der Waals surface area contributed by atoms with Gasteiger partial charge in [-0.3, -0.25) is 0 Å². The standard InChI is InChI=1S/C13H15NO3/c1-8-7-11(13(15)16)9(2)14(8)10(3)12-5-4-6-17-12/h4-7,10H,1-3H3,(H,15,16). The highest BCUT2D eigenvalue weighted by molar-refractivity contribution is 5.89. The van der Waals surface area contributed by atoms with Gasteiger partial charge in [-0.15, -0.1) is 0 Å². The zero-order chi connectivity index (χ0) is 12.6. The van der Waals surface area contributed by atoms with E-state index in [4.69, 9.17) is 9.52 Å². The van der Waals surface area contributed by atoms with Gasteiger partial charge < -0.3 is 14.1 Å². The fraction of sp³-hybridized carbons (Fsp3) is 0.308. The molecule has 0 aliphatic rings. The average Bonchev–Trinajstić information content (AvgIpc) is 2.86. The van der Waals surface area contributed by atoms with Crippen LogP contribution in [0.3, 0.4) is 0 Å². The topological polar surface area (TPSA) is 55.4 Å². The molecule has 0 saturated heterocycles. The number of hydrogen-bond donors (Lipinski definition) is 1. The summed E-state index contributed by atoms with van der Waals surface area (Å²) >= 11 is 0. The van der Waals surface area contributed by atoms with E-state index >= 15 is 0 Å². The second kappa shape index (κ2) is 4.13. The molecule has 17 heavy (non-hydrogen) atoms. The van der Waals surface area contributed by atoms with Gasteiger partial charge in [-0.1, -0.05) is 0 Å². The molecule has 0 aliphatic heterocycles. The third-order valence-electron chi connectivity index (χ3n) is 3.06. The Morgan fingerprint density at radius 3 is 2.65 bits per heavy atom. The Bertz CT molecular complexity index is 537. The monoisotopic (exact) mass is 233 g/mol. The lowest BCUT2D eigenvalue weighted by molar-refractivity contribution is 0.0696. The van der Waals surface area contributed by atoms with Crippen molar-refractivity contribution in [2.24, 2.45) is 0 Å². The molecule has 2 rings (SSSR count). The van der Waals surface area contributed by atoms with Gasteiger partial charge in [0.05, 0.1) is 17.9 Å². The lowest BCUT2D eigenvalue weighted by Gasteiger charge is -2.16. The molecule has 0 aromatic carbocycles. The Labute approximate surface area is 99.5 Å². The summed E-state index contributed by atoms with van der Waals surface area (Å²) in [4.78, 5) is 11.1. The second-order valence-corrected chi connectivity index (χ2v) is 4.15. The number of aromatic nitrogens is 1. The van der Waals surface area contributed by atoms with Crippen molar-refractivity contribution in [1.29, 1.82) is 0 Å². The number of carboxylic acids is 1. The average molecular weight is 233 g/mol. The van der Waals surface area contributed by atoms with Crippen molar-refractivity contribution >= 4 is 5.97 Å². The van der Waals surface area contributed by atoms with Crippen LogP contribution in [0.25, 0.3) is 0 Å². The number of hydrogen-bond acceptors (Lipinski definition) is 2. The SMILES string of the molecule is Cc1cc(C(=O)O)c(C)n1C(C)c1ccco1. The Balaban J connectivity index is 2.49. The van der Waals surface area contributed by atoms with Gasteiger partial charge in [0.15, 0.2) is 0 Å². The zero-order valence-electron chi connectivity index (χ0n) is 10.1. The molecule has 0 bridgehead atoms. The van der Waals surface area contributed by atoms with Crippen LogP contribution in [0.15, 0.2) is 28.9 Å².